The van der Waals surface area contributed by atoms with E-state index in [1.54, 1.807) is 17.1 Å². The van der Waals surface area contributed by atoms with E-state index in [1.165, 1.54) is 0 Å². The minimum absolute atomic E-state index is 0.0306. The van der Waals surface area contributed by atoms with Gasteiger partial charge in [-0.1, -0.05) is 0 Å². The Labute approximate surface area is 157 Å². The summed E-state index contributed by atoms with van der Waals surface area (Å²) in [6.07, 6.45) is 5.29. The molecule has 8 nitrogen and oxygen atoms in total. The number of hydrogen-bond acceptors (Lipinski definition) is 5. The lowest BCUT2D eigenvalue weighted by Gasteiger charge is -2.35. The van der Waals surface area contributed by atoms with Gasteiger partial charge in [-0.2, -0.15) is 5.10 Å². The molecule has 0 saturated carbocycles. The van der Waals surface area contributed by atoms with Gasteiger partial charge < -0.3 is 14.8 Å². The second kappa shape index (κ2) is 6.96. The van der Waals surface area contributed by atoms with E-state index in [0.717, 1.165) is 23.8 Å². The number of nitrogens with zero attached hydrogens (tertiary/aromatic N) is 6. The third-order valence-electron chi connectivity index (χ3n) is 4.88. The van der Waals surface area contributed by atoms with Gasteiger partial charge in [0, 0.05) is 51.0 Å². The zero-order valence-electron chi connectivity index (χ0n) is 15.8. The van der Waals surface area contributed by atoms with E-state index < -0.39 is 0 Å². The zero-order valence-corrected chi connectivity index (χ0v) is 15.8. The first-order chi connectivity index (χ1) is 13.0. The van der Waals surface area contributed by atoms with E-state index in [1.807, 2.05) is 54.8 Å². The van der Waals surface area contributed by atoms with Crippen LogP contribution < -0.4 is 5.32 Å². The lowest BCUT2D eigenvalue weighted by atomic mass is 10.1. The molecule has 1 amide bonds. The van der Waals surface area contributed by atoms with Crippen molar-refractivity contribution >= 4 is 5.91 Å². The summed E-state index contributed by atoms with van der Waals surface area (Å²) in [5.41, 5.74) is 2.52. The summed E-state index contributed by atoms with van der Waals surface area (Å²) in [4.78, 5) is 23.9. The van der Waals surface area contributed by atoms with Crippen LogP contribution in [0.3, 0.4) is 0 Å². The summed E-state index contributed by atoms with van der Waals surface area (Å²) in [6, 6.07) is 5.56. The summed E-state index contributed by atoms with van der Waals surface area (Å²) < 4.78 is 3.74. The van der Waals surface area contributed by atoms with Crippen molar-refractivity contribution in [1.82, 2.24) is 34.5 Å². The van der Waals surface area contributed by atoms with Crippen LogP contribution in [0, 0.1) is 13.8 Å². The first kappa shape index (κ1) is 17.4. The van der Waals surface area contributed by atoms with Crippen LogP contribution in [-0.2, 0) is 7.05 Å². The first-order valence-corrected chi connectivity index (χ1v) is 9.03. The SMILES string of the molecule is Cc1cc(C)n(-c2ccc(C(=O)N3CCNCC3c3nccn3C)cn2)n1. The van der Waals surface area contributed by atoms with Crippen LogP contribution in [-0.4, -0.2) is 54.8 Å². The molecule has 140 valence electrons. The van der Waals surface area contributed by atoms with Gasteiger partial charge in [-0.25, -0.2) is 14.6 Å². The molecule has 3 aromatic heterocycles. The molecule has 1 atom stereocenters. The molecular weight excluding hydrogens is 342 g/mol. The topological polar surface area (TPSA) is 80.9 Å². The molecule has 0 radical (unpaired) electrons. The molecule has 8 heteroatoms. The van der Waals surface area contributed by atoms with Gasteiger partial charge in [-0.05, 0) is 32.0 Å². The van der Waals surface area contributed by atoms with Crippen molar-refractivity contribution in [3.8, 4) is 5.82 Å². The molecular formula is C19H23N7O. The average Bonchev–Trinajstić information content (AvgIpc) is 3.26. The number of amides is 1. The molecule has 27 heavy (non-hydrogen) atoms. The maximum Gasteiger partial charge on any atom is 0.256 e. The summed E-state index contributed by atoms with van der Waals surface area (Å²) in [5, 5.41) is 7.79. The van der Waals surface area contributed by atoms with Crippen LogP contribution in [0.2, 0.25) is 0 Å². The van der Waals surface area contributed by atoms with Gasteiger partial charge in [-0.15, -0.1) is 0 Å². The molecule has 0 bridgehead atoms. The Morgan fingerprint density at radius 2 is 2.11 bits per heavy atom. The average molecular weight is 365 g/mol. The number of rotatable bonds is 3. The Kier molecular flexibility index (Phi) is 4.49. The Bertz CT molecular complexity index is 957. The molecule has 1 saturated heterocycles. The van der Waals surface area contributed by atoms with Crippen molar-refractivity contribution in [1.29, 1.82) is 0 Å². The van der Waals surface area contributed by atoms with Crippen LogP contribution in [0.25, 0.3) is 5.82 Å². The normalized spacial score (nSPS) is 17.3. The minimum atomic E-state index is -0.0954. The van der Waals surface area contributed by atoms with Gasteiger partial charge >= 0.3 is 0 Å². The van der Waals surface area contributed by atoms with Crippen molar-refractivity contribution in [3.05, 3.63) is 59.6 Å². The largest absolute Gasteiger partial charge is 0.336 e. The van der Waals surface area contributed by atoms with Crippen molar-refractivity contribution in [2.75, 3.05) is 19.6 Å². The second-order valence-electron chi connectivity index (χ2n) is 6.86. The van der Waals surface area contributed by atoms with E-state index in [9.17, 15) is 4.79 Å². The molecule has 1 N–H and O–H groups in total. The Morgan fingerprint density at radius 3 is 2.74 bits per heavy atom. The number of carbonyl (C=O) groups is 1. The molecule has 3 aromatic rings. The summed E-state index contributed by atoms with van der Waals surface area (Å²) in [5.74, 6) is 1.55. The van der Waals surface area contributed by atoms with Gasteiger partial charge in [0.1, 0.15) is 11.9 Å². The van der Waals surface area contributed by atoms with E-state index in [2.05, 4.69) is 20.4 Å². The van der Waals surface area contributed by atoms with E-state index in [-0.39, 0.29) is 11.9 Å². The Morgan fingerprint density at radius 1 is 1.26 bits per heavy atom. The van der Waals surface area contributed by atoms with Gasteiger partial charge in [0.05, 0.1) is 11.3 Å². The fourth-order valence-electron chi connectivity index (χ4n) is 3.54. The van der Waals surface area contributed by atoms with Gasteiger partial charge in [0.25, 0.3) is 5.91 Å². The predicted molar refractivity (Wildman–Crippen MR) is 101 cm³/mol. The molecule has 0 aliphatic carbocycles. The quantitative estimate of drug-likeness (QED) is 0.759. The molecule has 1 fully saturated rings. The smallest absolute Gasteiger partial charge is 0.256 e. The van der Waals surface area contributed by atoms with Crippen molar-refractivity contribution in [2.24, 2.45) is 7.05 Å². The minimum Gasteiger partial charge on any atom is -0.336 e. The molecule has 0 spiro atoms. The van der Waals surface area contributed by atoms with Gasteiger partial charge in [-0.3, -0.25) is 4.79 Å². The molecule has 4 heterocycles. The third kappa shape index (κ3) is 3.23. The van der Waals surface area contributed by atoms with E-state index in [4.69, 9.17) is 0 Å². The lowest BCUT2D eigenvalue weighted by Crippen LogP contribution is -2.49. The first-order valence-electron chi connectivity index (χ1n) is 9.03. The summed E-state index contributed by atoms with van der Waals surface area (Å²) in [6.45, 7) is 6.02. The fraction of sp³-hybridized carbons (Fsp3) is 0.368. The highest BCUT2D eigenvalue weighted by atomic mass is 16.2. The molecule has 1 aliphatic heterocycles. The highest BCUT2D eigenvalue weighted by molar-refractivity contribution is 5.94. The highest BCUT2D eigenvalue weighted by Gasteiger charge is 2.31. The number of aromatic nitrogens is 5. The lowest BCUT2D eigenvalue weighted by molar-refractivity contribution is 0.0620. The van der Waals surface area contributed by atoms with Crippen LogP contribution in [0.5, 0.6) is 0 Å². The summed E-state index contributed by atoms with van der Waals surface area (Å²) in [7, 11) is 1.95. The monoisotopic (exact) mass is 365 g/mol. The number of aryl methyl sites for hydroxylation is 3. The van der Waals surface area contributed by atoms with E-state index >= 15 is 0 Å². The number of hydrogen-bond donors (Lipinski definition) is 1. The highest BCUT2D eigenvalue weighted by Crippen LogP contribution is 2.23. The maximum atomic E-state index is 13.1. The van der Waals surface area contributed by atoms with Crippen LogP contribution in [0.15, 0.2) is 36.8 Å². The third-order valence-corrected chi connectivity index (χ3v) is 4.88. The fourth-order valence-corrected chi connectivity index (χ4v) is 3.54. The maximum absolute atomic E-state index is 13.1. The number of carbonyl (C=O) groups excluding carboxylic acids is 1. The van der Waals surface area contributed by atoms with E-state index in [0.29, 0.717) is 24.5 Å². The van der Waals surface area contributed by atoms with Crippen LogP contribution >= 0.6 is 0 Å². The van der Waals surface area contributed by atoms with Gasteiger partial charge in [0.2, 0.25) is 0 Å². The second-order valence-corrected chi connectivity index (χ2v) is 6.86. The number of nitrogens with one attached hydrogen (secondary N) is 1. The molecule has 1 aliphatic rings. The van der Waals surface area contributed by atoms with Crippen molar-refractivity contribution in [2.45, 2.75) is 19.9 Å². The zero-order chi connectivity index (χ0) is 19.0. The predicted octanol–water partition coefficient (Wildman–Crippen LogP) is 1.40. The number of piperazine rings is 1. The van der Waals surface area contributed by atoms with Crippen LogP contribution in [0.4, 0.5) is 0 Å². The van der Waals surface area contributed by atoms with Crippen molar-refractivity contribution in [3.63, 3.8) is 0 Å². The van der Waals surface area contributed by atoms with Gasteiger partial charge in [0.15, 0.2) is 5.82 Å². The Hall–Kier alpha value is -3.00. The molecule has 0 aromatic carbocycles. The standard InChI is InChI=1S/C19H23N7O/c1-13-10-14(2)26(23-13)17-5-4-15(11-22-17)19(27)25-9-6-20-12-16(25)18-21-7-8-24(18)3/h4-5,7-8,10-11,16,20H,6,9,12H2,1-3H3. The van der Waals surface area contributed by atoms with Crippen molar-refractivity contribution < 1.29 is 4.79 Å². The molecule has 1 unspecified atom stereocenters. The van der Waals surface area contributed by atoms with Crippen LogP contribution in [0.1, 0.15) is 33.6 Å². The Balaban J connectivity index is 1.59. The molecule has 4 rings (SSSR count). The summed E-state index contributed by atoms with van der Waals surface area (Å²) >= 11 is 0. The number of pyridine rings is 1. The number of imidazole rings is 1.